The fraction of sp³-hybridized carbons (Fsp3) is 0.600. The van der Waals surface area contributed by atoms with Crippen molar-refractivity contribution in [2.45, 2.75) is 26.2 Å². The number of aryl methyl sites for hydroxylation is 1. The van der Waals surface area contributed by atoms with E-state index in [1.165, 1.54) is 0 Å². The quantitative estimate of drug-likeness (QED) is 0.778. The van der Waals surface area contributed by atoms with Gasteiger partial charge >= 0.3 is 0 Å². The van der Waals surface area contributed by atoms with E-state index in [1.807, 2.05) is 19.0 Å². The SMILES string of the molecule is Cc1nc(N(C)C)ncc1C(=O)NCCCN1CCCC1=O. The molecule has 1 N–H and O–H groups in total. The Morgan fingerprint density at radius 3 is 2.82 bits per heavy atom. The molecule has 0 atom stereocenters. The Bertz CT molecular complexity index is 559. The third kappa shape index (κ3) is 3.93. The van der Waals surface area contributed by atoms with Gasteiger partial charge in [-0.1, -0.05) is 0 Å². The first kappa shape index (κ1) is 16.2. The average Bonchev–Trinajstić information content (AvgIpc) is 2.88. The maximum Gasteiger partial charge on any atom is 0.254 e. The van der Waals surface area contributed by atoms with Crippen LogP contribution in [0.15, 0.2) is 6.20 Å². The monoisotopic (exact) mass is 305 g/mol. The Morgan fingerprint density at radius 1 is 1.45 bits per heavy atom. The predicted molar refractivity (Wildman–Crippen MR) is 83.9 cm³/mol. The molecule has 7 heteroatoms. The van der Waals surface area contributed by atoms with Gasteiger partial charge in [-0.25, -0.2) is 9.97 Å². The minimum Gasteiger partial charge on any atom is -0.352 e. The molecule has 0 aromatic carbocycles. The molecule has 1 aliphatic rings. The highest BCUT2D eigenvalue weighted by atomic mass is 16.2. The van der Waals surface area contributed by atoms with Crippen molar-refractivity contribution in [3.63, 3.8) is 0 Å². The van der Waals surface area contributed by atoms with E-state index in [4.69, 9.17) is 0 Å². The molecule has 0 bridgehead atoms. The van der Waals surface area contributed by atoms with Gasteiger partial charge in [0.2, 0.25) is 11.9 Å². The molecule has 1 aliphatic heterocycles. The zero-order chi connectivity index (χ0) is 16.1. The summed E-state index contributed by atoms with van der Waals surface area (Å²) in [6.45, 7) is 3.88. The molecule has 120 valence electrons. The van der Waals surface area contributed by atoms with Gasteiger partial charge in [0, 0.05) is 46.3 Å². The van der Waals surface area contributed by atoms with Gasteiger partial charge < -0.3 is 15.1 Å². The minimum atomic E-state index is -0.171. The number of carbonyl (C=O) groups excluding carboxylic acids is 2. The lowest BCUT2D eigenvalue weighted by molar-refractivity contribution is -0.127. The molecule has 1 fully saturated rings. The van der Waals surface area contributed by atoms with Gasteiger partial charge in [-0.15, -0.1) is 0 Å². The molecule has 0 spiro atoms. The Hall–Kier alpha value is -2.18. The summed E-state index contributed by atoms with van der Waals surface area (Å²) >= 11 is 0. The molecule has 22 heavy (non-hydrogen) atoms. The summed E-state index contributed by atoms with van der Waals surface area (Å²) < 4.78 is 0. The highest BCUT2D eigenvalue weighted by Gasteiger charge is 2.19. The molecular formula is C15H23N5O2. The summed E-state index contributed by atoms with van der Waals surface area (Å²) in [5.74, 6) is 0.631. The van der Waals surface area contributed by atoms with Gasteiger partial charge in [0.25, 0.3) is 5.91 Å². The van der Waals surface area contributed by atoms with Crippen LogP contribution in [0.4, 0.5) is 5.95 Å². The number of anilines is 1. The van der Waals surface area contributed by atoms with Crippen LogP contribution < -0.4 is 10.2 Å². The van der Waals surface area contributed by atoms with Crippen LogP contribution in [0.1, 0.15) is 35.3 Å². The van der Waals surface area contributed by atoms with E-state index in [9.17, 15) is 9.59 Å². The lowest BCUT2D eigenvalue weighted by Crippen LogP contribution is -2.31. The molecule has 0 aliphatic carbocycles. The predicted octanol–water partition coefficient (Wildman–Crippen LogP) is 0.593. The number of likely N-dealkylation sites (tertiary alicyclic amines) is 1. The van der Waals surface area contributed by atoms with Gasteiger partial charge in [0.05, 0.1) is 11.3 Å². The van der Waals surface area contributed by atoms with Crippen molar-refractivity contribution < 1.29 is 9.59 Å². The van der Waals surface area contributed by atoms with Crippen LogP contribution in [0.25, 0.3) is 0 Å². The third-order valence-corrected chi connectivity index (χ3v) is 3.67. The largest absolute Gasteiger partial charge is 0.352 e. The highest BCUT2D eigenvalue weighted by molar-refractivity contribution is 5.94. The van der Waals surface area contributed by atoms with Gasteiger partial charge in [-0.05, 0) is 19.8 Å². The van der Waals surface area contributed by atoms with Crippen molar-refractivity contribution in [3.05, 3.63) is 17.5 Å². The zero-order valence-electron chi connectivity index (χ0n) is 13.4. The van der Waals surface area contributed by atoms with Gasteiger partial charge in [-0.3, -0.25) is 9.59 Å². The zero-order valence-corrected chi connectivity index (χ0v) is 13.4. The summed E-state index contributed by atoms with van der Waals surface area (Å²) in [5, 5.41) is 2.86. The lowest BCUT2D eigenvalue weighted by Gasteiger charge is -2.15. The minimum absolute atomic E-state index is 0.171. The van der Waals surface area contributed by atoms with E-state index in [0.717, 1.165) is 19.4 Å². The maximum absolute atomic E-state index is 12.1. The summed E-state index contributed by atoms with van der Waals surface area (Å²) in [5.41, 5.74) is 1.15. The molecule has 2 heterocycles. The fourth-order valence-electron chi connectivity index (χ4n) is 2.40. The van der Waals surface area contributed by atoms with Crippen molar-refractivity contribution >= 4 is 17.8 Å². The maximum atomic E-state index is 12.1. The van der Waals surface area contributed by atoms with Crippen LogP contribution in [-0.2, 0) is 4.79 Å². The number of rotatable bonds is 6. The van der Waals surface area contributed by atoms with E-state index >= 15 is 0 Å². The topological polar surface area (TPSA) is 78.4 Å². The Balaban J connectivity index is 1.81. The number of nitrogens with zero attached hydrogens (tertiary/aromatic N) is 4. The number of hydrogen-bond donors (Lipinski definition) is 1. The first-order chi connectivity index (χ1) is 10.5. The molecule has 0 radical (unpaired) electrons. The van der Waals surface area contributed by atoms with Crippen LogP contribution in [0.5, 0.6) is 0 Å². The first-order valence-electron chi connectivity index (χ1n) is 7.56. The van der Waals surface area contributed by atoms with Crippen molar-refractivity contribution in [1.82, 2.24) is 20.2 Å². The Kier molecular flexibility index (Phi) is 5.30. The molecule has 7 nitrogen and oxygen atoms in total. The number of hydrogen-bond acceptors (Lipinski definition) is 5. The van der Waals surface area contributed by atoms with E-state index in [1.54, 1.807) is 18.0 Å². The third-order valence-electron chi connectivity index (χ3n) is 3.67. The second kappa shape index (κ2) is 7.20. The average molecular weight is 305 g/mol. The summed E-state index contributed by atoms with van der Waals surface area (Å²) in [6, 6.07) is 0. The molecule has 1 saturated heterocycles. The molecule has 2 amide bonds. The number of nitrogens with one attached hydrogen (secondary N) is 1. The highest BCUT2D eigenvalue weighted by Crippen LogP contribution is 2.10. The van der Waals surface area contributed by atoms with Crippen molar-refractivity contribution in [3.8, 4) is 0 Å². The number of aromatic nitrogens is 2. The molecule has 1 aromatic heterocycles. The summed E-state index contributed by atoms with van der Waals surface area (Å²) in [4.78, 5) is 35.7. The Labute approximate surface area is 130 Å². The standard InChI is InChI=1S/C15H23N5O2/c1-11-12(10-17-15(18-11)19(2)3)14(22)16-7-5-9-20-8-4-6-13(20)21/h10H,4-9H2,1-3H3,(H,16,22). The van der Waals surface area contributed by atoms with Crippen LogP contribution in [-0.4, -0.2) is 60.4 Å². The van der Waals surface area contributed by atoms with Crippen LogP contribution >= 0.6 is 0 Å². The molecule has 2 rings (SSSR count). The molecule has 0 saturated carbocycles. The molecule has 1 aromatic rings. The van der Waals surface area contributed by atoms with Gasteiger partial charge in [-0.2, -0.15) is 0 Å². The van der Waals surface area contributed by atoms with Crippen LogP contribution in [0.2, 0.25) is 0 Å². The van der Waals surface area contributed by atoms with Crippen molar-refractivity contribution in [2.24, 2.45) is 0 Å². The van der Waals surface area contributed by atoms with Gasteiger partial charge in [0.15, 0.2) is 0 Å². The fourth-order valence-corrected chi connectivity index (χ4v) is 2.40. The van der Waals surface area contributed by atoms with E-state index in [0.29, 0.717) is 36.7 Å². The number of amides is 2. The van der Waals surface area contributed by atoms with E-state index < -0.39 is 0 Å². The van der Waals surface area contributed by atoms with Gasteiger partial charge in [0.1, 0.15) is 0 Å². The lowest BCUT2D eigenvalue weighted by atomic mass is 10.2. The smallest absolute Gasteiger partial charge is 0.254 e. The van der Waals surface area contributed by atoms with Crippen LogP contribution in [0.3, 0.4) is 0 Å². The van der Waals surface area contributed by atoms with Crippen LogP contribution in [0, 0.1) is 6.92 Å². The number of carbonyl (C=O) groups is 2. The Morgan fingerprint density at radius 2 is 2.23 bits per heavy atom. The van der Waals surface area contributed by atoms with E-state index in [-0.39, 0.29) is 11.8 Å². The summed E-state index contributed by atoms with van der Waals surface area (Å²) in [7, 11) is 3.71. The van der Waals surface area contributed by atoms with Crippen molar-refractivity contribution in [1.29, 1.82) is 0 Å². The second-order valence-corrected chi connectivity index (χ2v) is 5.66. The molecular weight excluding hydrogens is 282 g/mol. The van der Waals surface area contributed by atoms with E-state index in [2.05, 4.69) is 15.3 Å². The van der Waals surface area contributed by atoms with Crippen molar-refractivity contribution in [2.75, 3.05) is 38.6 Å². The summed E-state index contributed by atoms with van der Waals surface area (Å²) in [6.07, 6.45) is 3.91. The second-order valence-electron chi connectivity index (χ2n) is 5.66. The first-order valence-corrected chi connectivity index (χ1v) is 7.56. The molecule has 0 unspecified atom stereocenters. The normalized spacial score (nSPS) is 14.3.